The first-order valence-corrected chi connectivity index (χ1v) is 6.81. The van der Waals surface area contributed by atoms with Crippen molar-refractivity contribution in [2.24, 2.45) is 5.92 Å². The fraction of sp³-hybridized carbons (Fsp3) is 0.600. The summed E-state index contributed by atoms with van der Waals surface area (Å²) in [5.74, 6) is 0.938. The number of para-hydroxylation sites is 1. The second-order valence-corrected chi connectivity index (χ2v) is 5.11. The van der Waals surface area contributed by atoms with Crippen molar-refractivity contribution in [3.63, 3.8) is 0 Å². The van der Waals surface area contributed by atoms with Gasteiger partial charge in [-0.2, -0.15) is 0 Å². The highest BCUT2D eigenvalue weighted by atomic mass is 15.2. The van der Waals surface area contributed by atoms with Gasteiger partial charge in [0.05, 0.1) is 0 Å². The highest BCUT2D eigenvalue weighted by molar-refractivity contribution is 5.50. The summed E-state index contributed by atoms with van der Waals surface area (Å²) in [6.45, 7) is 9.27. The maximum absolute atomic E-state index is 3.53. The van der Waals surface area contributed by atoms with Crippen LogP contribution in [0.15, 0.2) is 24.3 Å². The fourth-order valence-corrected chi connectivity index (χ4v) is 2.57. The first-order valence-electron chi connectivity index (χ1n) is 6.81. The molecule has 0 aliphatic carbocycles. The SMILES string of the molecule is CCC1CCN(CCNc2ccccc2C)C1. The van der Waals surface area contributed by atoms with E-state index in [4.69, 9.17) is 0 Å². The van der Waals surface area contributed by atoms with Crippen LogP contribution in [-0.4, -0.2) is 31.1 Å². The predicted molar refractivity (Wildman–Crippen MR) is 74.5 cm³/mol. The van der Waals surface area contributed by atoms with E-state index in [-0.39, 0.29) is 0 Å². The summed E-state index contributed by atoms with van der Waals surface area (Å²) in [5, 5.41) is 3.53. The molecule has 2 rings (SSSR count). The highest BCUT2D eigenvalue weighted by Crippen LogP contribution is 2.18. The van der Waals surface area contributed by atoms with E-state index in [0.717, 1.165) is 12.5 Å². The van der Waals surface area contributed by atoms with E-state index in [0.29, 0.717) is 0 Å². The lowest BCUT2D eigenvalue weighted by molar-refractivity contribution is 0.335. The number of anilines is 1. The minimum Gasteiger partial charge on any atom is -0.384 e. The molecule has 2 heteroatoms. The second kappa shape index (κ2) is 6.06. The lowest BCUT2D eigenvalue weighted by Gasteiger charge is -2.17. The second-order valence-electron chi connectivity index (χ2n) is 5.11. The third kappa shape index (κ3) is 3.47. The summed E-state index contributed by atoms with van der Waals surface area (Å²) in [6, 6.07) is 8.50. The summed E-state index contributed by atoms with van der Waals surface area (Å²) in [4.78, 5) is 2.58. The molecule has 0 aromatic heterocycles. The van der Waals surface area contributed by atoms with Crippen LogP contribution < -0.4 is 5.32 Å². The van der Waals surface area contributed by atoms with Crippen molar-refractivity contribution in [3.8, 4) is 0 Å². The van der Waals surface area contributed by atoms with Crippen molar-refractivity contribution in [1.82, 2.24) is 4.90 Å². The Morgan fingerprint density at radius 3 is 2.88 bits per heavy atom. The van der Waals surface area contributed by atoms with Gasteiger partial charge >= 0.3 is 0 Å². The third-order valence-corrected chi connectivity index (χ3v) is 3.84. The number of nitrogens with zero attached hydrogens (tertiary/aromatic N) is 1. The maximum Gasteiger partial charge on any atom is 0.0370 e. The lowest BCUT2D eigenvalue weighted by Crippen LogP contribution is -2.27. The average molecular weight is 232 g/mol. The molecule has 17 heavy (non-hydrogen) atoms. The summed E-state index contributed by atoms with van der Waals surface area (Å²) < 4.78 is 0. The van der Waals surface area contributed by atoms with Crippen molar-refractivity contribution in [3.05, 3.63) is 29.8 Å². The van der Waals surface area contributed by atoms with Gasteiger partial charge in [0.25, 0.3) is 0 Å². The van der Waals surface area contributed by atoms with E-state index >= 15 is 0 Å². The van der Waals surface area contributed by atoms with E-state index in [9.17, 15) is 0 Å². The number of aryl methyl sites for hydroxylation is 1. The molecule has 1 fully saturated rings. The van der Waals surface area contributed by atoms with Gasteiger partial charge in [-0.15, -0.1) is 0 Å². The zero-order valence-corrected chi connectivity index (χ0v) is 11.1. The molecular weight excluding hydrogens is 208 g/mol. The maximum atomic E-state index is 3.53. The van der Waals surface area contributed by atoms with Crippen LogP contribution in [0.2, 0.25) is 0 Å². The largest absolute Gasteiger partial charge is 0.384 e. The molecule has 94 valence electrons. The molecule has 1 unspecified atom stereocenters. The highest BCUT2D eigenvalue weighted by Gasteiger charge is 2.19. The monoisotopic (exact) mass is 232 g/mol. The molecule has 1 atom stereocenters. The zero-order valence-electron chi connectivity index (χ0n) is 11.1. The molecule has 1 aromatic carbocycles. The normalized spacial score (nSPS) is 20.7. The van der Waals surface area contributed by atoms with Crippen LogP contribution in [0.25, 0.3) is 0 Å². The molecule has 1 heterocycles. The molecule has 0 bridgehead atoms. The summed E-state index contributed by atoms with van der Waals surface area (Å²) >= 11 is 0. The van der Waals surface area contributed by atoms with Gasteiger partial charge in [-0.1, -0.05) is 31.5 Å². The Morgan fingerprint density at radius 1 is 1.35 bits per heavy atom. The topological polar surface area (TPSA) is 15.3 Å². The van der Waals surface area contributed by atoms with Gasteiger partial charge in [0, 0.05) is 25.3 Å². The van der Waals surface area contributed by atoms with Gasteiger partial charge in [-0.25, -0.2) is 0 Å². The minimum atomic E-state index is 0.938. The quantitative estimate of drug-likeness (QED) is 0.839. The first-order chi connectivity index (χ1) is 8.29. The van der Waals surface area contributed by atoms with Crippen LogP contribution in [0.3, 0.4) is 0 Å². The number of rotatable bonds is 5. The van der Waals surface area contributed by atoms with E-state index < -0.39 is 0 Å². The zero-order chi connectivity index (χ0) is 12.1. The molecule has 1 aliphatic rings. The molecule has 1 N–H and O–H groups in total. The summed E-state index contributed by atoms with van der Waals surface area (Å²) in [7, 11) is 0. The number of hydrogen-bond acceptors (Lipinski definition) is 2. The van der Waals surface area contributed by atoms with Gasteiger partial charge in [-0.05, 0) is 37.4 Å². The number of nitrogens with one attached hydrogen (secondary N) is 1. The van der Waals surface area contributed by atoms with Gasteiger partial charge in [0.15, 0.2) is 0 Å². The van der Waals surface area contributed by atoms with Gasteiger partial charge in [0.2, 0.25) is 0 Å². The molecular formula is C15H24N2. The van der Waals surface area contributed by atoms with Crippen LogP contribution >= 0.6 is 0 Å². The number of hydrogen-bond donors (Lipinski definition) is 1. The van der Waals surface area contributed by atoms with Gasteiger partial charge in [0.1, 0.15) is 0 Å². The molecule has 0 amide bonds. The van der Waals surface area contributed by atoms with E-state index in [1.807, 2.05) is 0 Å². The van der Waals surface area contributed by atoms with Crippen molar-refractivity contribution in [2.45, 2.75) is 26.7 Å². The van der Waals surface area contributed by atoms with E-state index in [1.54, 1.807) is 0 Å². The summed E-state index contributed by atoms with van der Waals surface area (Å²) in [6.07, 6.45) is 2.72. The first kappa shape index (κ1) is 12.4. The molecule has 0 radical (unpaired) electrons. The minimum absolute atomic E-state index is 0.938. The molecule has 2 nitrogen and oxygen atoms in total. The predicted octanol–water partition coefficient (Wildman–Crippen LogP) is 3.14. The van der Waals surface area contributed by atoms with Crippen molar-refractivity contribution < 1.29 is 0 Å². The van der Waals surface area contributed by atoms with E-state index in [1.165, 1.54) is 43.7 Å². The van der Waals surface area contributed by atoms with Crippen LogP contribution in [0.4, 0.5) is 5.69 Å². The van der Waals surface area contributed by atoms with Gasteiger partial charge in [-0.3, -0.25) is 0 Å². The standard InChI is InChI=1S/C15H24N2/c1-3-14-8-10-17(12-14)11-9-16-15-7-5-4-6-13(15)2/h4-7,14,16H,3,8-12H2,1-2H3. The molecule has 1 saturated heterocycles. The van der Waals surface area contributed by atoms with E-state index in [2.05, 4.69) is 48.3 Å². The van der Waals surface area contributed by atoms with Gasteiger partial charge < -0.3 is 10.2 Å². The Balaban J connectivity index is 1.72. The fourth-order valence-electron chi connectivity index (χ4n) is 2.57. The smallest absolute Gasteiger partial charge is 0.0370 e. The molecule has 0 saturated carbocycles. The number of likely N-dealkylation sites (tertiary alicyclic amines) is 1. The average Bonchev–Trinajstić information content (AvgIpc) is 2.80. The lowest BCUT2D eigenvalue weighted by atomic mass is 10.1. The van der Waals surface area contributed by atoms with Crippen molar-refractivity contribution >= 4 is 5.69 Å². The Hall–Kier alpha value is -1.02. The Kier molecular flexibility index (Phi) is 4.43. The Labute approximate surface area is 105 Å². The van der Waals surface area contributed by atoms with Crippen LogP contribution in [0.1, 0.15) is 25.3 Å². The third-order valence-electron chi connectivity index (χ3n) is 3.84. The van der Waals surface area contributed by atoms with Crippen molar-refractivity contribution in [2.75, 3.05) is 31.5 Å². The van der Waals surface area contributed by atoms with Crippen LogP contribution in [-0.2, 0) is 0 Å². The molecule has 0 spiro atoms. The Morgan fingerprint density at radius 2 is 2.18 bits per heavy atom. The Bertz CT molecular complexity index is 349. The molecule has 1 aromatic rings. The summed E-state index contributed by atoms with van der Waals surface area (Å²) in [5.41, 5.74) is 2.61. The number of benzene rings is 1. The molecule has 1 aliphatic heterocycles. The van der Waals surface area contributed by atoms with Crippen molar-refractivity contribution in [1.29, 1.82) is 0 Å². The van der Waals surface area contributed by atoms with Crippen LogP contribution in [0, 0.1) is 12.8 Å². The van der Waals surface area contributed by atoms with Crippen LogP contribution in [0.5, 0.6) is 0 Å².